The second-order valence-corrected chi connectivity index (χ2v) is 9.63. The molecule has 2 aliphatic carbocycles. The van der Waals surface area contributed by atoms with E-state index in [1.165, 1.54) is 11.8 Å². The van der Waals surface area contributed by atoms with E-state index in [4.69, 9.17) is 4.74 Å². The van der Waals surface area contributed by atoms with Crippen LogP contribution >= 0.6 is 11.8 Å². The van der Waals surface area contributed by atoms with Gasteiger partial charge < -0.3 is 20.5 Å². The van der Waals surface area contributed by atoms with E-state index in [1.54, 1.807) is 0 Å². The molecule has 1 unspecified atom stereocenters. The molecule has 0 heterocycles. The number of carboxylic acids is 1. The van der Waals surface area contributed by atoms with Gasteiger partial charge in [-0.15, -0.1) is 0 Å². The highest BCUT2D eigenvalue weighted by molar-refractivity contribution is 7.98. The minimum atomic E-state index is -1.05. The van der Waals surface area contributed by atoms with E-state index in [0.717, 1.165) is 22.3 Å². The molecular weight excluding hydrogens is 440 g/mol. The van der Waals surface area contributed by atoms with Gasteiger partial charge in [0.1, 0.15) is 12.6 Å². The molecule has 0 saturated heterocycles. The molecule has 1 fully saturated rings. The van der Waals surface area contributed by atoms with E-state index in [9.17, 15) is 19.5 Å². The molecule has 0 aliphatic heterocycles. The number of aliphatic carboxylic acids is 1. The Bertz CT molecular complexity index is 1010. The molecule has 2 amide bonds. The fourth-order valence-corrected chi connectivity index (χ4v) is 4.87. The lowest BCUT2D eigenvalue weighted by atomic mass is 9.98. The number of fused-ring (bicyclic) bond motifs is 3. The second-order valence-electron chi connectivity index (χ2n) is 8.65. The van der Waals surface area contributed by atoms with Gasteiger partial charge in [0, 0.05) is 12.3 Å². The van der Waals surface area contributed by atoms with Crippen molar-refractivity contribution in [2.75, 3.05) is 18.6 Å². The smallest absolute Gasteiger partial charge is 0.407 e. The van der Waals surface area contributed by atoms with Crippen LogP contribution in [-0.2, 0) is 14.3 Å². The van der Waals surface area contributed by atoms with Gasteiger partial charge in [-0.25, -0.2) is 9.59 Å². The van der Waals surface area contributed by atoms with Gasteiger partial charge in [0.05, 0.1) is 5.54 Å². The molecule has 0 radical (unpaired) electrons. The van der Waals surface area contributed by atoms with E-state index >= 15 is 0 Å². The summed E-state index contributed by atoms with van der Waals surface area (Å²) in [6.45, 7) is 0.206. The predicted octanol–water partition coefficient (Wildman–Crippen LogP) is 3.77. The lowest BCUT2D eigenvalue weighted by Gasteiger charge is -2.20. The lowest BCUT2D eigenvalue weighted by molar-refractivity contribution is -0.142. The average Bonchev–Trinajstić information content (AvgIpc) is 3.47. The van der Waals surface area contributed by atoms with E-state index in [0.29, 0.717) is 25.0 Å². The molecule has 8 heteroatoms. The monoisotopic (exact) mass is 468 g/mol. The molecule has 3 N–H and O–H groups in total. The van der Waals surface area contributed by atoms with Crippen LogP contribution in [0.2, 0.25) is 0 Å². The molecule has 0 bridgehead atoms. The standard InChI is InChI=1S/C25H28N2O5S/c1-33-13-10-21(23(29)30)26-22(28)14-25(11-12-25)27-24(31)32-15-20-18-8-4-2-6-16(18)17-7-3-5-9-19(17)20/h2-9,20-21H,10-15H2,1H3,(H,26,28)(H,27,31)(H,29,30). The number of amides is 2. The number of benzene rings is 2. The summed E-state index contributed by atoms with van der Waals surface area (Å²) in [5.41, 5.74) is 3.93. The summed E-state index contributed by atoms with van der Waals surface area (Å²) in [6, 6.07) is 15.3. The fraction of sp³-hybridized carbons (Fsp3) is 0.400. The van der Waals surface area contributed by atoms with Gasteiger partial charge in [-0.05, 0) is 53.5 Å². The van der Waals surface area contributed by atoms with Crippen molar-refractivity contribution in [3.05, 3.63) is 59.7 Å². The minimum absolute atomic E-state index is 0.0330. The minimum Gasteiger partial charge on any atom is -0.480 e. The van der Waals surface area contributed by atoms with Gasteiger partial charge in [-0.3, -0.25) is 4.79 Å². The largest absolute Gasteiger partial charge is 0.480 e. The van der Waals surface area contributed by atoms with Crippen LogP contribution in [0.3, 0.4) is 0 Å². The highest BCUT2D eigenvalue weighted by atomic mass is 32.2. The number of rotatable bonds is 10. The molecule has 174 valence electrons. The molecule has 1 saturated carbocycles. The number of alkyl carbamates (subject to hydrolysis) is 1. The Morgan fingerprint density at radius 1 is 1.09 bits per heavy atom. The zero-order valence-corrected chi connectivity index (χ0v) is 19.3. The van der Waals surface area contributed by atoms with Gasteiger partial charge in [-0.2, -0.15) is 11.8 Å². The molecule has 33 heavy (non-hydrogen) atoms. The van der Waals surface area contributed by atoms with Gasteiger partial charge in [-0.1, -0.05) is 48.5 Å². The number of hydrogen-bond donors (Lipinski definition) is 3. The Morgan fingerprint density at radius 3 is 2.24 bits per heavy atom. The zero-order chi connectivity index (χ0) is 23.4. The first-order valence-electron chi connectivity index (χ1n) is 11.1. The van der Waals surface area contributed by atoms with Crippen molar-refractivity contribution < 1.29 is 24.2 Å². The van der Waals surface area contributed by atoms with E-state index < -0.39 is 23.6 Å². The lowest BCUT2D eigenvalue weighted by Crippen LogP contribution is -2.46. The van der Waals surface area contributed by atoms with Crippen molar-refractivity contribution in [2.24, 2.45) is 0 Å². The maximum atomic E-state index is 12.6. The summed E-state index contributed by atoms with van der Waals surface area (Å²) >= 11 is 1.53. The maximum Gasteiger partial charge on any atom is 0.407 e. The number of carboxylic acid groups (broad SMARTS) is 1. The van der Waals surface area contributed by atoms with Gasteiger partial charge >= 0.3 is 12.1 Å². The summed E-state index contributed by atoms with van der Waals surface area (Å²) in [5, 5.41) is 14.7. The summed E-state index contributed by atoms with van der Waals surface area (Å²) in [4.78, 5) is 36.4. The van der Waals surface area contributed by atoms with Crippen molar-refractivity contribution in [1.82, 2.24) is 10.6 Å². The zero-order valence-electron chi connectivity index (χ0n) is 18.5. The van der Waals surface area contributed by atoms with Crippen LogP contribution in [0, 0.1) is 0 Å². The summed E-state index contributed by atoms with van der Waals surface area (Å²) < 4.78 is 5.59. The molecule has 2 aromatic carbocycles. The first-order chi connectivity index (χ1) is 15.9. The molecule has 0 spiro atoms. The average molecular weight is 469 g/mol. The van der Waals surface area contributed by atoms with E-state index in [-0.39, 0.29) is 24.9 Å². The molecule has 2 aliphatic rings. The summed E-state index contributed by atoms with van der Waals surface area (Å²) in [7, 11) is 0. The van der Waals surface area contributed by atoms with Crippen molar-refractivity contribution in [3.63, 3.8) is 0 Å². The number of ether oxygens (including phenoxy) is 1. The Labute approximate surface area is 197 Å². The first kappa shape index (κ1) is 23.2. The highest BCUT2D eigenvalue weighted by Crippen LogP contribution is 2.44. The Balaban J connectivity index is 1.32. The SMILES string of the molecule is CSCCC(NC(=O)CC1(NC(=O)OCC2c3ccccc3-c3ccccc32)CC1)C(=O)O. The Morgan fingerprint density at radius 2 is 1.70 bits per heavy atom. The predicted molar refractivity (Wildman–Crippen MR) is 127 cm³/mol. The van der Waals surface area contributed by atoms with E-state index in [2.05, 4.69) is 34.9 Å². The van der Waals surface area contributed by atoms with Crippen LogP contribution in [0.1, 0.15) is 42.7 Å². The third kappa shape index (κ3) is 5.33. The molecule has 1 atom stereocenters. The van der Waals surface area contributed by atoms with Crippen molar-refractivity contribution in [3.8, 4) is 11.1 Å². The Kier molecular flexibility index (Phi) is 6.93. The van der Waals surface area contributed by atoms with Crippen molar-refractivity contribution in [2.45, 2.75) is 43.2 Å². The molecular formula is C25H28N2O5S. The molecule has 4 rings (SSSR count). The van der Waals surface area contributed by atoms with Gasteiger partial charge in [0.15, 0.2) is 0 Å². The molecule has 7 nitrogen and oxygen atoms in total. The van der Waals surface area contributed by atoms with Gasteiger partial charge in [0.25, 0.3) is 0 Å². The summed E-state index contributed by atoms with van der Waals surface area (Å²) in [5.74, 6) is -0.818. The fourth-order valence-electron chi connectivity index (χ4n) is 4.39. The molecule has 0 aromatic heterocycles. The van der Waals surface area contributed by atoms with Crippen LogP contribution in [0.15, 0.2) is 48.5 Å². The maximum absolute atomic E-state index is 12.6. The van der Waals surface area contributed by atoms with Crippen molar-refractivity contribution in [1.29, 1.82) is 0 Å². The number of carbonyl (C=O) groups excluding carboxylic acids is 2. The third-order valence-corrected chi connectivity index (χ3v) is 6.95. The van der Waals surface area contributed by atoms with Crippen LogP contribution in [0.5, 0.6) is 0 Å². The third-order valence-electron chi connectivity index (χ3n) is 6.31. The first-order valence-corrected chi connectivity index (χ1v) is 12.5. The van der Waals surface area contributed by atoms with Crippen LogP contribution < -0.4 is 10.6 Å². The number of hydrogen-bond acceptors (Lipinski definition) is 5. The second kappa shape index (κ2) is 9.87. The topological polar surface area (TPSA) is 105 Å². The van der Waals surface area contributed by atoms with Crippen LogP contribution in [0.25, 0.3) is 11.1 Å². The highest BCUT2D eigenvalue weighted by Gasteiger charge is 2.46. The number of thioether (sulfide) groups is 1. The number of nitrogens with one attached hydrogen (secondary N) is 2. The van der Waals surface area contributed by atoms with Gasteiger partial charge in [0.2, 0.25) is 5.91 Å². The molecule has 2 aromatic rings. The van der Waals surface area contributed by atoms with E-state index in [1.807, 2.05) is 30.5 Å². The quantitative estimate of drug-likeness (QED) is 0.490. The Hall–Kier alpha value is -3.00. The van der Waals surface area contributed by atoms with Crippen LogP contribution in [0.4, 0.5) is 4.79 Å². The van der Waals surface area contributed by atoms with Crippen LogP contribution in [-0.4, -0.2) is 53.3 Å². The number of carbonyl (C=O) groups is 3. The normalized spacial score (nSPS) is 16.3. The summed E-state index contributed by atoms with van der Waals surface area (Å²) in [6.07, 6.45) is 3.05. The van der Waals surface area contributed by atoms with Crippen molar-refractivity contribution >= 4 is 29.7 Å².